The first-order valence-corrected chi connectivity index (χ1v) is 5.50. The van der Waals surface area contributed by atoms with Crippen LogP contribution in [0.2, 0.25) is 10.0 Å². The molecule has 0 saturated carbocycles. The Hall–Kier alpha value is -1.33. The first kappa shape index (κ1) is 13.7. The van der Waals surface area contributed by atoms with Crippen molar-refractivity contribution >= 4 is 34.9 Å². The molecule has 0 aromatic heterocycles. The van der Waals surface area contributed by atoms with E-state index in [9.17, 15) is 14.9 Å². The molecule has 0 fully saturated rings. The van der Waals surface area contributed by atoms with Crippen molar-refractivity contribution in [3.05, 3.63) is 37.9 Å². The molecule has 0 aliphatic carbocycles. The fraction of sp³-hybridized carbons (Fsp3) is 0.300. The first-order chi connectivity index (χ1) is 7.88. The number of aliphatic carboxylic acids is 1. The molecule has 1 atom stereocenters. The van der Waals surface area contributed by atoms with Gasteiger partial charge in [-0.1, -0.05) is 30.1 Å². The second-order valence-corrected chi connectivity index (χ2v) is 4.20. The molecule has 5 nitrogen and oxygen atoms in total. The summed E-state index contributed by atoms with van der Waals surface area (Å²) in [7, 11) is 0. The third kappa shape index (κ3) is 2.87. The molecule has 1 N–H and O–H groups in total. The highest BCUT2D eigenvalue weighted by molar-refractivity contribution is 6.42. The summed E-state index contributed by atoms with van der Waals surface area (Å²) >= 11 is 11.4. The molecule has 0 aliphatic heterocycles. The summed E-state index contributed by atoms with van der Waals surface area (Å²) in [5.74, 6) is -2.10. The predicted octanol–water partition coefficient (Wildman–Crippen LogP) is 3.48. The Bertz CT molecular complexity index is 476. The molecule has 1 rings (SSSR count). The number of benzene rings is 1. The minimum absolute atomic E-state index is 0.0300. The van der Waals surface area contributed by atoms with Crippen LogP contribution in [0.25, 0.3) is 0 Å². The van der Waals surface area contributed by atoms with E-state index in [1.54, 1.807) is 6.92 Å². The van der Waals surface area contributed by atoms with Crippen molar-refractivity contribution in [3.63, 3.8) is 0 Å². The van der Waals surface area contributed by atoms with Crippen LogP contribution in [0.3, 0.4) is 0 Å². The topological polar surface area (TPSA) is 80.4 Å². The number of nitrogens with zero attached hydrogens (tertiary/aromatic N) is 1. The van der Waals surface area contributed by atoms with Crippen LogP contribution >= 0.6 is 23.2 Å². The molecular weight excluding hydrogens is 269 g/mol. The molecule has 7 heteroatoms. The lowest BCUT2D eigenvalue weighted by atomic mass is 9.95. The number of carboxylic acids is 1. The fourth-order valence-corrected chi connectivity index (χ4v) is 1.85. The molecule has 92 valence electrons. The largest absolute Gasteiger partial charge is 0.481 e. The van der Waals surface area contributed by atoms with Gasteiger partial charge >= 0.3 is 5.97 Å². The maximum atomic E-state index is 11.0. The molecule has 1 aromatic rings. The maximum absolute atomic E-state index is 11.0. The van der Waals surface area contributed by atoms with Gasteiger partial charge < -0.3 is 5.11 Å². The highest BCUT2D eigenvalue weighted by Crippen LogP contribution is 2.35. The molecule has 0 heterocycles. The Morgan fingerprint density at radius 1 is 1.47 bits per heavy atom. The number of rotatable bonds is 4. The summed E-state index contributed by atoms with van der Waals surface area (Å²) in [6.07, 6.45) is 0.230. The van der Waals surface area contributed by atoms with Crippen LogP contribution in [0, 0.1) is 10.1 Å². The zero-order valence-corrected chi connectivity index (χ0v) is 10.3. The lowest BCUT2D eigenvalue weighted by Gasteiger charge is -2.11. The predicted molar refractivity (Wildman–Crippen MR) is 63.8 cm³/mol. The summed E-state index contributed by atoms with van der Waals surface area (Å²) in [5, 5.41) is 20.0. The Morgan fingerprint density at radius 3 is 2.41 bits per heavy atom. The molecule has 0 radical (unpaired) electrons. The minimum atomic E-state index is -1.13. The summed E-state index contributed by atoms with van der Waals surface area (Å²) in [6, 6.07) is 2.31. The molecule has 1 unspecified atom stereocenters. The molecule has 17 heavy (non-hydrogen) atoms. The fourth-order valence-electron chi connectivity index (χ4n) is 1.52. The summed E-state index contributed by atoms with van der Waals surface area (Å²) in [4.78, 5) is 21.2. The first-order valence-electron chi connectivity index (χ1n) is 4.74. The summed E-state index contributed by atoms with van der Waals surface area (Å²) in [5.41, 5.74) is -0.256. The second kappa shape index (κ2) is 5.33. The van der Waals surface area contributed by atoms with E-state index in [2.05, 4.69) is 0 Å². The highest BCUT2D eigenvalue weighted by Gasteiger charge is 2.27. The van der Waals surface area contributed by atoms with Crippen LogP contribution in [-0.4, -0.2) is 16.0 Å². The molecule has 0 aliphatic rings. The highest BCUT2D eigenvalue weighted by atomic mass is 35.5. The molecular formula is C10H9Cl2NO4. The summed E-state index contributed by atoms with van der Waals surface area (Å²) < 4.78 is 0. The zero-order valence-electron chi connectivity index (χ0n) is 8.81. The third-order valence-electron chi connectivity index (χ3n) is 2.35. The van der Waals surface area contributed by atoms with Gasteiger partial charge in [0.2, 0.25) is 0 Å². The maximum Gasteiger partial charge on any atom is 0.311 e. The number of nitro groups is 1. The lowest BCUT2D eigenvalue weighted by molar-refractivity contribution is -0.385. The van der Waals surface area contributed by atoms with E-state index < -0.39 is 16.8 Å². The second-order valence-electron chi connectivity index (χ2n) is 3.38. The van der Waals surface area contributed by atoms with E-state index in [4.69, 9.17) is 28.3 Å². The van der Waals surface area contributed by atoms with E-state index in [1.807, 2.05) is 0 Å². The quantitative estimate of drug-likeness (QED) is 0.675. The average molecular weight is 278 g/mol. The Labute approximate surface area is 107 Å². The number of carbonyl (C=O) groups is 1. The lowest BCUT2D eigenvalue weighted by Crippen LogP contribution is -2.12. The van der Waals surface area contributed by atoms with Crippen molar-refractivity contribution in [2.75, 3.05) is 0 Å². The number of nitro benzene ring substituents is 1. The van der Waals surface area contributed by atoms with Crippen LogP contribution in [0.4, 0.5) is 5.69 Å². The minimum Gasteiger partial charge on any atom is -0.481 e. The number of hydrogen-bond donors (Lipinski definition) is 1. The number of carboxylic acid groups (broad SMARTS) is 1. The number of hydrogen-bond acceptors (Lipinski definition) is 3. The van der Waals surface area contributed by atoms with Gasteiger partial charge in [0.05, 0.1) is 20.9 Å². The van der Waals surface area contributed by atoms with Gasteiger partial charge in [-0.15, -0.1) is 0 Å². The van der Waals surface area contributed by atoms with Crippen molar-refractivity contribution in [2.45, 2.75) is 19.3 Å². The van der Waals surface area contributed by atoms with Crippen LogP contribution in [0.1, 0.15) is 24.8 Å². The van der Waals surface area contributed by atoms with E-state index in [0.717, 1.165) is 6.07 Å². The smallest absolute Gasteiger partial charge is 0.311 e. The van der Waals surface area contributed by atoms with Crippen LogP contribution in [-0.2, 0) is 4.79 Å². The third-order valence-corrected chi connectivity index (χ3v) is 3.07. The Morgan fingerprint density at radius 2 is 2.00 bits per heavy atom. The number of halogens is 2. The van der Waals surface area contributed by atoms with Crippen molar-refractivity contribution in [3.8, 4) is 0 Å². The van der Waals surface area contributed by atoms with Crippen molar-refractivity contribution in [2.24, 2.45) is 0 Å². The van der Waals surface area contributed by atoms with Crippen molar-refractivity contribution in [1.82, 2.24) is 0 Å². The molecule has 0 saturated heterocycles. The van der Waals surface area contributed by atoms with E-state index in [-0.39, 0.29) is 27.7 Å². The molecule has 1 aromatic carbocycles. The standard InChI is InChI=1S/C10H9Cl2NO4/c1-2-5(10(14)15)6-3-7(11)8(12)4-9(6)13(16)17/h3-5H,2H2,1H3,(H,14,15). The Kier molecular flexibility index (Phi) is 4.31. The van der Waals surface area contributed by atoms with Crippen molar-refractivity contribution in [1.29, 1.82) is 0 Å². The van der Waals surface area contributed by atoms with Gasteiger partial charge in [0.15, 0.2) is 0 Å². The summed E-state index contributed by atoms with van der Waals surface area (Å²) in [6.45, 7) is 1.63. The van der Waals surface area contributed by atoms with Crippen LogP contribution < -0.4 is 0 Å². The molecule has 0 amide bonds. The SMILES string of the molecule is CCC(C(=O)O)c1cc(Cl)c(Cl)cc1[N+](=O)[O-]. The van der Waals surface area contributed by atoms with Gasteiger partial charge in [0.1, 0.15) is 0 Å². The zero-order chi connectivity index (χ0) is 13.2. The van der Waals surface area contributed by atoms with Gasteiger partial charge in [-0.25, -0.2) is 0 Å². The Balaban J connectivity index is 3.44. The van der Waals surface area contributed by atoms with Crippen LogP contribution in [0.5, 0.6) is 0 Å². The van der Waals surface area contributed by atoms with E-state index in [1.165, 1.54) is 6.07 Å². The van der Waals surface area contributed by atoms with Gasteiger partial charge in [-0.05, 0) is 12.5 Å². The van der Waals surface area contributed by atoms with E-state index >= 15 is 0 Å². The molecule has 0 bridgehead atoms. The monoisotopic (exact) mass is 277 g/mol. The molecule has 0 spiro atoms. The van der Waals surface area contributed by atoms with Gasteiger partial charge in [0.25, 0.3) is 5.69 Å². The van der Waals surface area contributed by atoms with E-state index in [0.29, 0.717) is 0 Å². The average Bonchev–Trinajstić information content (AvgIpc) is 2.22. The normalized spacial score (nSPS) is 12.2. The van der Waals surface area contributed by atoms with Gasteiger partial charge in [-0.3, -0.25) is 14.9 Å². The van der Waals surface area contributed by atoms with Gasteiger partial charge in [-0.2, -0.15) is 0 Å². The van der Waals surface area contributed by atoms with Gasteiger partial charge in [0, 0.05) is 11.6 Å². The van der Waals surface area contributed by atoms with Crippen LogP contribution in [0.15, 0.2) is 12.1 Å². The van der Waals surface area contributed by atoms with Crippen molar-refractivity contribution < 1.29 is 14.8 Å².